The van der Waals surface area contributed by atoms with Crippen LogP contribution >= 0.6 is 11.6 Å². The summed E-state index contributed by atoms with van der Waals surface area (Å²) in [6.07, 6.45) is 0. The molecule has 2 aromatic heterocycles. The van der Waals surface area contributed by atoms with Gasteiger partial charge in [0, 0.05) is 17.6 Å². The Hall–Kier alpha value is -4.55. The van der Waals surface area contributed by atoms with E-state index in [1.165, 1.54) is 22.8 Å². The molecule has 4 aromatic rings. The minimum atomic E-state index is -0.836. The number of aromatic nitrogens is 4. The van der Waals surface area contributed by atoms with Crippen LogP contribution < -0.4 is 27.1 Å². The molecule has 0 aliphatic heterocycles. The van der Waals surface area contributed by atoms with E-state index in [4.69, 9.17) is 21.4 Å². The minimum Gasteiger partial charge on any atom is -0.439 e. The Morgan fingerprint density at radius 3 is 2.50 bits per heavy atom. The molecule has 0 fully saturated rings. The molecule has 0 atom stereocenters. The van der Waals surface area contributed by atoms with Crippen LogP contribution in [0.5, 0.6) is 11.6 Å². The van der Waals surface area contributed by atoms with Crippen LogP contribution in [-0.2, 0) is 17.9 Å². The van der Waals surface area contributed by atoms with Crippen LogP contribution in [0.25, 0.3) is 0 Å². The van der Waals surface area contributed by atoms with E-state index >= 15 is 0 Å². The molecule has 38 heavy (non-hydrogen) atoms. The number of amides is 1. The van der Waals surface area contributed by atoms with E-state index in [0.29, 0.717) is 22.0 Å². The van der Waals surface area contributed by atoms with Gasteiger partial charge in [-0.3, -0.25) is 14.3 Å². The van der Waals surface area contributed by atoms with E-state index in [0.717, 1.165) is 4.57 Å². The van der Waals surface area contributed by atoms with Crippen molar-refractivity contribution in [3.63, 3.8) is 0 Å². The van der Waals surface area contributed by atoms with Crippen LogP contribution in [0.4, 0.5) is 10.1 Å². The van der Waals surface area contributed by atoms with Crippen molar-refractivity contribution in [3.05, 3.63) is 110 Å². The van der Waals surface area contributed by atoms with Gasteiger partial charge in [-0.05, 0) is 48.0 Å². The van der Waals surface area contributed by atoms with Crippen LogP contribution in [0.15, 0.2) is 81.3 Å². The van der Waals surface area contributed by atoms with Gasteiger partial charge in [0.15, 0.2) is 0 Å². The number of aromatic amines is 1. The van der Waals surface area contributed by atoms with E-state index < -0.39 is 29.8 Å². The monoisotopic (exact) mass is 540 g/mol. The van der Waals surface area contributed by atoms with Crippen LogP contribution in [0, 0.1) is 5.95 Å². The molecule has 2 heterocycles. The molecule has 3 N–H and O–H groups in total. The summed E-state index contributed by atoms with van der Waals surface area (Å²) in [5.74, 6) is -0.845. The summed E-state index contributed by atoms with van der Waals surface area (Å²) >= 11 is 5.97. The molecule has 0 saturated carbocycles. The zero-order valence-electron chi connectivity index (χ0n) is 19.8. The van der Waals surface area contributed by atoms with Crippen molar-refractivity contribution in [2.45, 2.75) is 13.1 Å². The third-order valence-corrected chi connectivity index (χ3v) is 5.41. The van der Waals surface area contributed by atoms with Gasteiger partial charge in [-0.1, -0.05) is 29.8 Å². The summed E-state index contributed by atoms with van der Waals surface area (Å²) in [7, 11) is 0. The predicted octanol–water partition coefficient (Wildman–Crippen LogP) is 1.71. The highest BCUT2D eigenvalue weighted by Gasteiger charge is 2.13. The fraction of sp³-hybridized carbons (Fsp3) is 0.160. The van der Waals surface area contributed by atoms with Crippen LogP contribution in [0.3, 0.4) is 0 Å². The maximum atomic E-state index is 13.3. The van der Waals surface area contributed by atoms with E-state index in [-0.39, 0.29) is 31.2 Å². The van der Waals surface area contributed by atoms with Crippen LogP contribution in [0.1, 0.15) is 5.56 Å². The van der Waals surface area contributed by atoms with E-state index in [9.17, 15) is 18.8 Å². The standard InChI is InChI=1S/C25H22ClFN6O5/c26-17-6-4-16(5-7-17)14-32-23(31-24(36)33(25(32)37)15-21(35)28-12-13-34)29-18-8-10-19(11-9-18)38-22-3-1-2-20(27)30-22/h1-11,34H,12-15H2,(H,28,35)(H,29,31,36). The number of carbonyl (C=O) groups is 1. The quantitative estimate of drug-likeness (QED) is 0.276. The first-order chi connectivity index (χ1) is 18.3. The van der Waals surface area contributed by atoms with Gasteiger partial charge in [-0.2, -0.15) is 9.37 Å². The van der Waals surface area contributed by atoms with E-state index in [2.05, 4.69) is 20.3 Å². The Kier molecular flexibility index (Phi) is 8.46. The molecule has 4 rings (SSSR count). The fourth-order valence-corrected chi connectivity index (χ4v) is 3.50. The molecule has 11 nitrogen and oxygen atoms in total. The summed E-state index contributed by atoms with van der Waals surface area (Å²) in [5.41, 5.74) is -0.580. The predicted molar refractivity (Wildman–Crippen MR) is 136 cm³/mol. The number of carbonyl (C=O) groups excluding carboxylic acids is 1. The number of benzene rings is 2. The Morgan fingerprint density at radius 2 is 1.82 bits per heavy atom. The lowest BCUT2D eigenvalue weighted by Gasteiger charge is -2.11. The molecule has 0 saturated heterocycles. The molecule has 0 radical (unpaired) electrons. The van der Waals surface area contributed by atoms with Gasteiger partial charge in [0.2, 0.25) is 23.4 Å². The van der Waals surface area contributed by atoms with Gasteiger partial charge in [0.25, 0.3) is 0 Å². The first kappa shape index (κ1) is 26.5. The fourth-order valence-electron chi connectivity index (χ4n) is 3.37. The van der Waals surface area contributed by atoms with Gasteiger partial charge in [-0.15, -0.1) is 0 Å². The second kappa shape index (κ2) is 12.1. The molecule has 13 heteroatoms. The van der Waals surface area contributed by atoms with E-state index in [1.54, 1.807) is 48.5 Å². The maximum Gasteiger partial charge on any atom is 0.335 e. The smallest absolute Gasteiger partial charge is 0.335 e. The van der Waals surface area contributed by atoms with Crippen LogP contribution in [0.2, 0.25) is 5.02 Å². The second-order valence-corrected chi connectivity index (χ2v) is 8.35. The highest BCUT2D eigenvalue weighted by molar-refractivity contribution is 6.30. The number of aliphatic hydroxyl groups excluding tert-OH is 1. The highest BCUT2D eigenvalue weighted by Crippen LogP contribution is 2.22. The Morgan fingerprint density at radius 1 is 1.08 bits per heavy atom. The number of H-pyrrole nitrogens is 1. The van der Waals surface area contributed by atoms with Crippen molar-refractivity contribution < 1.29 is 19.0 Å². The molecule has 0 aliphatic rings. The lowest BCUT2D eigenvalue weighted by Crippen LogP contribution is -2.51. The van der Waals surface area contributed by atoms with Crippen molar-refractivity contribution in [3.8, 4) is 11.6 Å². The Labute approximate surface area is 219 Å². The number of hydrogen-bond acceptors (Lipinski definition) is 7. The van der Waals surface area contributed by atoms with E-state index in [1.807, 2.05) is 0 Å². The molecule has 0 unspecified atom stereocenters. The molecule has 2 aromatic carbocycles. The lowest BCUT2D eigenvalue weighted by molar-refractivity contribution is -0.122. The first-order valence-corrected chi connectivity index (χ1v) is 11.7. The third-order valence-electron chi connectivity index (χ3n) is 5.15. The molecule has 0 spiro atoms. The Bertz CT molecular complexity index is 1610. The van der Waals surface area contributed by atoms with Gasteiger partial charge in [0.05, 0.1) is 18.8 Å². The summed E-state index contributed by atoms with van der Waals surface area (Å²) in [6, 6.07) is 17.2. The van der Waals surface area contributed by atoms with Gasteiger partial charge in [0.1, 0.15) is 12.3 Å². The molecule has 0 aliphatic carbocycles. The molecule has 0 bridgehead atoms. The number of aliphatic hydroxyl groups is 1. The molecular formula is C25H22ClFN6O5. The van der Waals surface area contributed by atoms with Gasteiger partial charge < -0.3 is 15.2 Å². The molecular weight excluding hydrogens is 519 g/mol. The first-order valence-electron chi connectivity index (χ1n) is 11.3. The van der Waals surface area contributed by atoms with Crippen LogP contribution in [-0.4, -0.2) is 43.3 Å². The molecule has 1 amide bonds. The number of nitrogens with zero attached hydrogens (tertiary/aromatic N) is 4. The van der Waals surface area contributed by atoms with Crippen molar-refractivity contribution in [2.75, 3.05) is 13.2 Å². The number of nitrogens with one attached hydrogen (secondary N) is 2. The average Bonchev–Trinajstić information content (AvgIpc) is 2.90. The Balaban J connectivity index is 1.71. The largest absolute Gasteiger partial charge is 0.439 e. The minimum absolute atomic E-state index is 0.0152. The van der Waals surface area contributed by atoms with Crippen molar-refractivity contribution >= 4 is 23.2 Å². The normalized spacial score (nSPS) is 11.4. The number of halogens is 2. The summed E-state index contributed by atoms with van der Waals surface area (Å²) < 4.78 is 20.8. The van der Waals surface area contributed by atoms with Crippen molar-refractivity contribution in [2.24, 2.45) is 4.99 Å². The zero-order valence-corrected chi connectivity index (χ0v) is 20.6. The number of pyridine rings is 1. The number of rotatable bonds is 9. The number of hydrogen-bond donors (Lipinski definition) is 3. The summed E-state index contributed by atoms with van der Waals surface area (Å²) in [4.78, 5) is 48.7. The highest BCUT2D eigenvalue weighted by atomic mass is 35.5. The number of ether oxygens (including phenoxy) is 1. The average molecular weight is 541 g/mol. The van der Waals surface area contributed by atoms with Gasteiger partial charge >= 0.3 is 11.4 Å². The summed E-state index contributed by atoms with van der Waals surface area (Å²) in [6.45, 7) is -0.821. The molecule has 196 valence electrons. The summed E-state index contributed by atoms with van der Waals surface area (Å²) in [5, 5.41) is 11.8. The maximum absolute atomic E-state index is 13.3. The second-order valence-electron chi connectivity index (χ2n) is 7.91. The SMILES string of the molecule is O=C(Cn1c(=O)[nH]/c(=N\c2ccc(Oc3cccc(F)n3)cc2)n(Cc2ccc(Cl)cc2)c1=O)NCCO. The van der Waals surface area contributed by atoms with Crippen molar-refractivity contribution in [1.29, 1.82) is 0 Å². The van der Waals surface area contributed by atoms with Gasteiger partial charge in [-0.25, -0.2) is 19.1 Å². The third kappa shape index (κ3) is 6.81. The lowest BCUT2D eigenvalue weighted by atomic mass is 10.2. The zero-order chi connectivity index (χ0) is 27.1. The topological polar surface area (TPSA) is 144 Å². The van der Waals surface area contributed by atoms with Crippen molar-refractivity contribution in [1.82, 2.24) is 24.4 Å².